The highest BCUT2D eigenvalue weighted by atomic mass is 16.6. The van der Waals surface area contributed by atoms with Crippen molar-refractivity contribution in [3.63, 3.8) is 0 Å². The van der Waals surface area contributed by atoms with Crippen LogP contribution in [0.2, 0.25) is 0 Å². The monoisotopic (exact) mass is 280 g/mol. The Kier molecular flexibility index (Phi) is 6.91. The number of benzene rings is 1. The third-order valence-corrected chi connectivity index (χ3v) is 2.77. The summed E-state index contributed by atoms with van der Waals surface area (Å²) in [6.07, 6.45) is 1.91. The van der Waals surface area contributed by atoms with Crippen molar-refractivity contribution in [2.75, 3.05) is 7.11 Å². The van der Waals surface area contributed by atoms with Gasteiger partial charge in [-0.1, -0.05) is 13.3 Å². The van der Waals surface area contributed by atoms with E-state index >= 15 is 0 Å². The van der Waals surface area contributed by atoms with Gasteiger partial charge in [0.25, 0.3) is 0 Å². The van der Waals surface area contributed by atoms with Gasteiger partial charge >= 0.3 is 5.97 Å². The molecule has 0 amide bonds. The van der Waals surface area contributed by atoms with Gasteiger partial charge in [-0.3, -0.25) is 0 Å². The number of hydrogen-bond acceptors (Lipinski definition) is 4. The molecule has 4 heteroatoms. The molecule has 4 nitrogen and oxygen atoms in total. The Morgan fingerprint density at radius 1 is 1.15 bits per heavy atom. The highest BCUT2D eigenvalue weighted by Gasteiger charge is 2.22. The molecule has 0 aliphatic carbocycles. The van der Waals surface area contributed by atoms with E-state index in [1.165, 1.54) is 0 Å². The number of unbranched alkanes of at least 4 members (excludes halogenated alkanes) is 1. The summed E-state index contributed by atoms with van der Waals surface area (Å²) in [5.41, 5.74) is 0. The largest absolute Gasteiger partial charge is 0.497 e. The Balaban J connectivity index is 2.69. The van der Waals surface area contributed by atoms with Gasteiger partial charge in [-0.05, 0) is 51.0 Å². The van der Waals surface area contributed by atoms with Crippen LogP contribution in [0.3, 0.4) is 0 Å². The number of carbonyl (C=O) groups excluding carboxylic acids is 1. The van der Waals surface area contributed by atoms with E-state index in [1.54, 1.807) is 31.4 Å². The minimum Gasteiger partial charge on any atom is -0.497 e. The summed E-state index contributed by atoms with van der Waals surface area (Å²) in [4.78, 5) is 12.0. The van der Waals surface area contributed by atoms with Crippen molar-refractivity contribution in [2.45, 2.75) is 52.2 Å². The van der Waals surface area contributed by atoms with Gasteiger partial charge in [-0.25, -0.2) is 4.79 Å². The fraction of sp³-hybridized carbons (Fsp3) is 0.562. The molecule has 0 heterocycles. The molecule has 0 fully saturated rings. The Labute approximate surface area is 121 Å². The van der Waals surface area contributed by atoms with Crippen molar-refractivity contribution < 1.29 is 19.0 Å². The van der Waals surface area contributed by atoms with Crippen LogP contribution in [0.15, 0.2) is 24.3 Å². The average Bonchev–Trinajstić information content (AvgIpc) is 2.43. The minimum atomic E-state index is -0.550. The lowest BCUT2D eigenvalue weighted by Crippen LogP contribution is -2.31. The average molecular weight is 280 g/mol. The minimum absolute atomic E-state index is 0.133. The van der Waals surface area contributed by atoms with Crippen LogP contribution in [-0.4, -0.2) is 25.3 Å². The van der Waals surface area contributed by atoms with E-state index in [9.17, 15) is 4.79 Å². The van der Waals surface area contributed by atoms with Crippen molar-refractivity contribution in [2.24, 2.45) is 0 Å². The summed E-state index contributed by atoms with van der Waals surface area (Å²) in [7, 11) is 1.61. The molecule has 0 bridgehead atoms. The van der Waals surface area contributed by atoms with Crippen molar-refractivity contribution >= 4 is 5.97 Å². The van der Waals surface area contributed by atoms with Crippen LogP contribution < -0.4 is 9.47 Å². The zero-order valence-corrected chi connectivity index (χ0v) is 12.7. The lowest BCUT2D eigenvalue weighted by molar-refractivity contribution is -0.156. The van der Waals surface area contributed by atoms with E-state index in [4.69, 9.17) is 14.2 Å². The van der Waals surface area contributed by atoms with E-state index in [2.05, 4.69) is 6.92 Å². The molecule has 20 heavy (non-hydrogen) atoms. The van der Waals surface area contributed by atoms with Gasteiger partial charge < -0.3 is 14.2 Å². The lowest BCUT2D eigenvalue weighted by atomic mass is 10.1. The summed E-state index contributed by atoms with van der Waals surface area (Å²) in [5.74, 6) is 1.10. The van der Waals surface area contributed by atoms with E-state index in [0.717, 1.165) is 18.6 Å². The highest BCUT2D eigenvalue weighted by molar-refractivity contribution is 5.75. The smallest absolute Gasteiger partial charge is 0.347 e. The topological polar surface area (TPSA) is 44.8 Å². The Bertz CT molecular complexity index is 397. The van der Waals surface area contributed by atoms with Crippen LogP contribution in [0.25, 0.3) is 0 Å². The molecule has 0 aliphatic heterocycles. The van der Waals surface area contributed by atoms with E-state index in [1.807, 2.05) is 13.8 Å². The molecule has 1 aromatic carbocycles. The third kappa shape index (κ3) is 5.51. The first-order chi connectivity index (χ1) is 9.56. The van der Waals surface area contributed by atoms with Crippen molar-refractivity contribution in [3.05, 3.63) is 24.3 Å². The van der Waals surface area contributed by atoms with Gasteiger partial charge in [0, 0.05) is 0 Å². The molecule has 112 valence electrons. The van der Waals surface area contributed by atoms with Crippen molar-refractivity contribution in [1.82, 2.24) is 0 Å². The first-order valence-corrected chi connectivity index (χ1v) is 7.08. The van der Waals surface area contributed by atoms with Crippen LogP contribution in [0.1, 0.15) is 40.0 Å². The summed E-state index contributed by atoms with van der Waals surface area (Å²) in [6.45, 7) is 5.75. The maximum absolute atomic E-state index is 12.0. The number of ether oxygens (including phenoxy) is 3. The fourth-order valence-electron chi connectivity index (χ4n) is 1.74. The lowest BCUT2D eigenvalue weighted by Gasteiger charge is -2.19. The third-order valence-electron chi connectivity index (χ3n) is 2.77. The van der Waals surface area contributed by atoms with E-state index in [0.29, 0.717) is 12.2 Å². The normalized spacial score (nSPS) is 12.1. The zero-order valence-electron chi connectivity index (χ0n) is 12.7. The first-order valence-electron chi connectivity index (χ1n) is 7.08. The summed E-state index contributed by atoms with van der Waals surface area (Å²) in [5, 5.41) is 0. The van der Waals surface area contributed by atoms with Crippen LogP contribution >= 0.6 is 0 Å². The standard InChI is InChI=1S/C16H24O4/c1-5-6-7-15(16(17)19-12(2)3)20-14-10-8-13(18-4)9-11-14/h8-12,15H,5-7H2,1-4H3. The van der Waals surface area contributed by atoms with Gasteiger partial charge in [0.15, 0.2) is 6.10 Å². The summed E-state index contributed by atoms with van der Waals surface area (Å²) < 4.78 is 16.1. The molecule has 0 spiro atoms. The van der Waals surface area contributed by atoms with Crippen LogP contribution in [0.4, 0.5) is 0 Å². The number of hydrogen-bond donors (Lipinski definition) is 0. The fourth-order valence-corrected chi connectivity index (χ4v) is 1.74. The molecular formula is C16H24O4. The SMILES string of the molecule is CCCCC(Oc1ccc(OC)cc1)C(=O)OC(C)C. The molecule has 0 saturated heterocycles. The molecular weight excluding hydrogens is 256 g/mol. The summed E-state index contributed by atoms with van der Waals surface area (Å²) >= 11 is 0. The number of esters is 1. The van der Waals surface area contributed by atoms with Gasteiger partial charge in [-0.2, -0.15) is 0 Å². The molecule has 1 aromatic rings. The number of methoxy groups -OCH3 is 1. The predicted octanol–water partition coefficient (Wildman–Crippen LogP) is 3.58. The predicted molar refractivity (Wildman–Crippen MR) is 78.2 cm³/mol. The number of rotatable bonds is 8. The maximum atomic E-state index is 12.0. The Hall–Kier alpha value is -1.71. The second kappa shape index (κ2) is 8.46. The van der Waals surface area contributed by atoms with Gasteiger partial charge in [0.1, 0.15) is 11.5 Å². The molecule has 0 aromatic heterocycles. The molecule has 0 N–H and O–H groups in total. The quantitative estimate of drug-likeness (QED) is 0.683. The highest BCUT2D eigenvalue weighted by Crippen LogP contribution is 2.20. The van der Waals surface area contributed by atoms with Gasteiger partial charge in [0.2, 0.25) is 0 Å². The molecule has 1 unspecified atom stereocenters. The number of carbonyl (C=O) groups is 1. The second-order valence-corrected chi connectivity index (χ2v) is 4.91. The molecule has 0 radical (unpaired) electrons. The Morgan fingerprint density at radius 2 is 1.75 bits per heavy atom. The summed E-state index contributed by atoms with van der Waals surface area (Å²) in [6, 6.07) is 7.20. The molecule has 1 rings (SSSR count). The van der Waals surface area contributed by atoms with Crippen LogP contribution in [-0.2, 0) is 9.53 Å². The van der Waals surface area contributed by atoms with Crippen molar-refractivity contribution in [3.8, 4) is 11.5 Å². The van der Waals surface area contributed by atoms with Gasteiger partial charge in [0.05, 0.1) is 13.2 Å². The second-order valence-electron chi connectivity index (χ2n) is 4.91. The maximum Gasteiger partial charge on any atom is 0.347 e. The molecule has 0 saturated carbocycles. The van der Waals surface area contributed by atoms with Crippen molar-refractivity contribution in [1.29, 1.82) is 0 Å². The molecule has 0 aliphatic rings. The van der Waals surface area contributed by atoms with E-state index in [-0.39, 0.29) is 12.1 Å². The van der Waals surface area contributed by atoms with Gasteiger partial charge in [-0.15, -0.1) is 0 Å². The van der Waals surface area contributed by atoms with Crippen LogP contribution in [0.5, 0.6) is 11.5 Å². The zero-order chi connectivity index (χ0) is 15.0. The Morgan fingerprint density at radius 3 is 2.25 bits per heavy atom. The van der Waals surface area contributed by atoms with E-state index < -0.39 is 6.10 Å². The first kappa shape index (κ1) is 16.3. The van der Waals surface area contributed by atoms with Crippen LogP contribution in [0, 0.1) is 0 Å². The molecule has 1 atom stereocenters.